The van der Waals surface area contributed by atoms with Crippen molar-refractivity contribution >= 4 is 10.8 Å². The Balaban J connectivity index is 1.67. The van der Waals surface area contributed by atoms with E-state index in [1.54, 1.807) is 0 Å². The molecule has 2 aromatic rings. The number of benzene rings is 1. The Morgan fingerprint density at radius 3 is 2.82 bits per heavy atom. The summed E-state index contributed by atoms with van der Waals surface area (Å²) in [7, 11) is 0. The normalized spacial score (nSPS) is 21.9. The minimum absolute atomic E-state index is 0.208. The van der Waals surface area contributed by atoms with Crippen LogP contribution in [0.3, 0.4) is 0 Å². The van der Waals surface area contributed by atoms with E-state index < -0.39 is 0 Å². The Morgan fingerprint density at radius 2 is 2.05 bits per heavy atom. The molecular weight excluding hydrogens is 276 g/mol. The molecule has 0 radical (unpaired) electrons. The van der Waals surface area contributed by atoms with Crippen LogP contribution in [0.1, 0.15) is 31.2 Å². The molecule has 0 spiro atoms. The molecule has 1 heterocycles. The highest BCUT2D eigenvalue weighted by Gasteiger charge is 2.22. The number of aryl methyl sites for hydroxylation is 1. The number of hydrogen-bond donors (Lipinski definition) is 2. The molecule has 22 heavy (non-hydrogen) atoms. The van der Waals surface area contributed by atoms with E-state index in [4.69, 9.17) is 9.84 Å². The average Bonchev–Trinajstić information content (AvgIpc) is 2.54. The minimum Gasteiger partial charge on any atom is -0.490 e. The van der Waals surface area contributed by atoms with Crippen LogP contribution in [0.2, 0.25) is 0 Å². The number of aliphatic hydroxyl groups is 1. The first kappa shape index (κ1) is 15.3. The maximum absolute atomic E-state index is 8.88. The molecule has 1 aliphatic rings. The molecule has 1 aromatic heterocycles. The highest BCUT2D eigenvalue weighted by atomic mass is 16.5. The van der Waals surface area contributed by atoms with Gasteiger partial charge in [-0.15, -0.1) is 0 Å². The second-order valence-electron chi connectivity index (χ2n) is 6.08. The predicted molar refractivity (Wildman–Crippen MR) is 88.2 cm³/mol. The summed E-state index contributed by atoms with van der Waals surface area (Å²) in [4.78, 5) is 4.25. The molecule has 4 nitrogen and oxygen atoms in total. The van der Waals surface area contributed by atoms with Crippen LogP contribution >= 0.6 is 0 Å². The van der Waals surface area contributed by atoms with Gasteiger partial charge in [-0.3, -0.25) is 4.98 Å². The lowest BCUT2D eigenvalue weighted by molar-refractivity contribution is 0.139. The number of hydrogen-bond acceptors (Lipinski definition) is 4. The summed E-state index contributed by atoms with van der Waals surface area (Å²) in [5.74, 6) is 0.976. The van der Waals surface area contributed by atoms with Crippen LogP contribution in [-0.4, -0.2) is 35.4 Å². The van der Waals surface area contributed by atoms with Crippen molar-refractivity contribution in [3.05, 3.63) is 36.2 Å². The van der Waals surface area contributed by atoms with Gasteiger partial charge in [0.25, 0.3) is 0 Å². The van der Waals surface area contributed by atoms with E-state index in [-0.39, 0.29) is 12.7 Å². The van der Waals surface area contributed by atoms with Gasteiger partial charge in [0, 0.05) is 35.8 Å². The van der Waals surface area contributed by atoms with Crippen molar-refractivity contribution in [3.8, 4) is 5.75 Å². The molecule has 1 aromatic carbocycles. The van der Waals surface area contributed by atoms with Crippen LogP contribution in [0, 0.1) is 6.92 Å². The van der Waals surface area contributed by atoms with Crippen LogP contribution in [0.15, 0.2) is 30.6 Å². The van der Waals surface area contributed by atoms with Gasteiger partial charge in [-0.1, -0.05) is 12.1 Å². The number of nitrogens with one attached hydrogen (secondary N) is 1. The van der Waals surface area contributed by atoms with Crippen molar-refractivity contribution < 1.29 is 9.84 Å². The number of rotatable bonds is 5. The van der Waals surface area contributed by atoms with Gasteiger partial charge in [0.05, 0.1) is 12.7 Å². The Kier molecular flexibility index (Phi) is 4.90. The van der Waals surface area contributed by atoms with Crippen molar-refractivity contribution in [3.63, 3.8) is 0 Å². The molecule has 0 amide bonds. The quantitative estimate of drug-likeness (QED) is 0.891. The van der Waals surface area contributed by atoms with E-state index in [0.29, 0.717) is 12.6 Å². The van der Waals surface area contributed by atoms with Gasteiger partial charge in [0.1, 0.15) is 5.75 Å². The van der Waals surface area contributed by atoms with Crippen molar-refractivity contribution in [2.75, 3.05) is 13.2 Å². The first-order valence-corrected chi connectivity index (χ1v) is 8.12. The molecule has 1 saturated carbocycles. The Morgan fingerprint density at radius 1 is 1.23 bits per heavy atom. The van der Waals surface area contributed by atoms with Crippen molar-refractivity contribution in [2.45, 2.75) is 44.8 Å². The van der Waals surface area contributed by atoms with Crippen molar-refractivity contribution in [1.82, 2.24) is 10.3 Å². The van der Waals surface area contributed by atoms with Crippen molar-refractivity contribution in [1.29, 1.82) is 0 Å². The third-order valence-electron chi connectivity index (χ3n) is 4.45. The lowest BCUT2D eigenvalue weighted by Crippen LogP contribution is -2.37. The van der Waals surface area contributed by atoms with Crippen LogP contribution in [0.5, 0.6) is 5.75 Å². The summed E-state index contributed by atoms with van der Waals surface area (Å²) in [6, 6.07) is 6.70. The molecule has 1 aliphatic carbocycles. The van der Waals surface area contributed by atoms with E-state index in [2.05, 4.69) is 29.4 Å². The standard InChI is InChI=1S/C18H24N2O2/c1-13-11-19-12-14-3-2-4-17(18(13)14)22-16-7-5-15(6-8-16)20-9-10-21/h2-4,11-12,15-16,20-21H,5-10H2,1H3. The summed E-state index contributed by atoms with van der Waals surface area (Å²) in [6.45, 7) is 2.98. The third-order valence-corrected chi connectivity index (χ3v) is 4.45. The zero-order valence-electron chi connectivity index (χ0n) is 13.1. The Labute approximate surface area is 131 Å². The van der Waals surface area contributed by atoms with Gasteiger partial charge in [0.2, 0.25) is 0 Å². The highest BCUT2D eigenvalue weighted by Crippen LogP contribution is 2.31. The number of aliphatic hydroxyl groups excluding tert-OH is 1. The molecule has 0 unspecified atom stereocenters. The fourth-order valence-corrected chi connectivity index (χ4v) is 3.30. The van der Waals surface area contributed by atoms with Gasteiger partial charge in [-0.2, -0.15) is 0 Å². The predicted octanol–water partition coefficient (Wildman–Crippen LogP) is 2.82. The lowest BCUT2D eigenvalue weighted by atomic mass is 9.93. The van der Waals surface area contributed by atoms with Crippen LogP contribution < -0.4 is 10.1 Å². The van der Waals surface area contributed by atoms with E-state index in [1.807, 2.05) is 18.5 Å². The zero-order valence-corrected chi connectivity index (χ0v) is 13.1. The smallest absolute Gasteiger partial charge is 0.127 e. The molecule has 0 saturated heterocycles. The molecular formula is C18H24N2O2. The fraction of sp³-hybridized carbons (Fsp3) is 0.500. The average molecular weight is 300 g/mol. The topological polar surface area (TPSA) is 54.4 Å². The maximum atomic E-state index is 8.88. The Bertz CT molecular complexity index is 616. The molecule has 0 aliphatic heterocycles. The monoisotopic (exact) mass is 300 g/mol. The van der Waals surface area contributed by atoms with E-state index in [0.717, 1.165) is 42.4 Å². The largest absolute Gasteiger partial charge is 0.490 e. The van der Waals surface area contributed by atoms with Crippen LogP contribution in [0.4, 0.5) is 0 Å². The maximum Gasteiger partial charge on any atom is 0.127 e. The van der Waals surface area contributed by atoms with Crippen LogP contribution in [0.25, 0.3) is 10.8 Å². The number of ether oxygens (including phenoxy) is 1. The zero-order chi connectivity index (χ0) is 15.4. The summed E-state index contributed by atoms with van der Waals surface area (Å²) in [5, 5.41) is 14.6. The summed E-state index contributed by atoms with van der Waals surface area (Å²) in [6.07, 6.45) is 8.40. The first-order valence-electron chi connectivity index (χ1n) is 8.12. The van der Waals surface area contributed by atoms with Gasteiger partial charge in [-0.25, -0.2) is 0 Å². The third kappa shape index (κ3) is 3.39. The Hall–Kier alpha value is -1.65. The van der Waals surface area contributed by atoms with E-state index in [9.17, 15) is 0 Å². The highest BCUT2D eigenvalue weighted by molar-refractivity contribution is 5.90. The summed E-state index contributed by atoms with van der Waals surface area (Å²) in [5.41, 5.74) is 1.16. The molecule has 0 bridgehead atoms. The fourth-order valence-electron chi connectivity index (χ4n) is 3.30. The molecule has 4 heteroatoms. The lowest BCUT2D eigenvalue weighted by Gasteiger charge is -2.30. The number of pyridine rings is 1. The van der Waals surface area contributed by atoms with Gasteiger partial charge < -0.3 is 15.2 Å². The van der Waals surface area contributed by atoms with Crippen LogP contribution in [-0.2, 0) is 0 Å². The number of nitrogens with zero attached hydrogens (tertiary/aromatic N) is 1. The minimum atomic E-state index is 0.208. The molecule has 2 N–H and O–H groups in total. The molecule has 118 valence electrons. The van der Waals surface area contributed by atoms with Gasteiger partial charge >= 0.3 is 0 Å². The molecule has 0 atom stereocenters. The first-order chi connectivity index (χ1) is 10.8. The molecule has 1 fully saturated rings. The van der Waals surface area contributed by atoms with E-state index in [1.165, 1.54) is 5.39 Å². The molecule has 3 rings (SSSR count). The summed E-state index contributed by atoms with van der Waals surface area (Å²) >= 11 is 0. The van der Waals surface area contributed by atoms with Crippen molar-refractivity contribution in [2.24, 2.45) is 0 Å². The number of fused-ring (bicyclic) bond motifs is 1. The second-order valence-corrected chi connectivity index (χ2v) is 6.08. The number of aromatic nitrogens is 1. The van der Waals surface area contributed by atoms with E-state index >= 15 is 0 Å². The SMILES string of the molecule is Cc1cncc2cccc(OC3CCC(NCCO)CC3)c12. The summed E-state index contributed by atoms with van der Waals surface area (Å²) < 4.78 is 6.30. The van der Waals surface area contributed by atoms with Gasteiger partial charge in [0.15, 0.2) is 0 Å². The van der Waals surface area contributed by atoms with Gasteiger partial charge in [-0.05, 0) is 44.2 Å². The second kappa shape index (κ2) is 7.07.